The van der Waals surface area contributed by atoms with Gasteiger partial charge in [0.1, 0.15) is 5.82 Å². The van der Waals surface area contributed by atoms with Gasteiger partial charge in [0.25, 0.3) is 0 Å². The molecule has 5 nitrogen and oxygen atoms in total. The lowest BCUT2D eigenvalue weighted by molar-refractivity contribution is 0.140. The normalized spacial score (nSPS) is 17.2. The van der Waals surface area contributed by atoms with E-state index in [4.69, 9.17) is 5.73 Å². The van der Waals surface area contributed by atoms with Gasteiger partial charge in [-0.15, -0.1) is 0 Å². The van der Waals surface area contributed by atoms with Crippen LogP contribution in [-0.4, -0.2) is 47.7 Å². The van der Waals surface area contributed by atoms with E-state index in [2.05, 4.69) is 20.9 Å². The fourth-order valence-electron chi connectivity index (χ4n) is 3.02. The number of anilines is 2. The van der Waals surface area contributed by atoms with E-state index < -0.39 is 6.10 Å². The summed E-state index contributed by atoms with van der Waals surface area (Å²) in [7, 11) is 0. The van der Waals surface area contributed by atoms with Crippen LogP contribution < -0.4 is 10.6 Å². The van der Waals surface area contributed by atoms with Crippen LogP contribution in [0.2, 0.25) is 0 Å². The number of nitrogen functional groups attached to an aromatic ring is 1. The molecule has 0 bridgehead atoms. The maximum absolute atomic E-state index is 10.3. The van der Waals surface area contributed by atoms with Crippen molar-refractivity contribution in [3.05, 3.63) is 54.2 Å². The zero-order chi connectivity index (χ0) is 16.1. The number of aliphatic hydroxyl groups is 1. The van der Waals surface area contributed by atoms with E-state index in [0.29, 0.717) is 12.1 Å². The van der Waals surface area contributed by atoms with E-state index in [-0.39, 0.29) is 0 Å². The van der Waals surface area contributed by atoms with E-state index in [1.54, 1.807) is 0 Å². The molecule has 122 valence electrons. The van der Waals surface area contributed by atoms with E-state index >= 15 is 0 Å². The Bertz CT molecular complexity index is 611. The molecule has 2 aromatic rings. The van der Waals surface area contributed by atoms with E-state index in [1.165, 1.54) is 0 Å². The number of benzene rings is 1. The summed E-state index contributed by atoms with van der Waals surface area (Å²) in [6.45, 7) is 4.81. The smallest absolute Gasteiger partial charge is 0.128 e. The lowest BCUT2D eigenvalue weighted by Crippen LogP contribution is -2.47. The van der Waals surface area contributed by atoms with Crippen molar-refractivity contribution < 1.29 is 5.11 Å². The molecule has 1 aliphatic heterocycles. The SMILES string of the molecule is Nc1ccccc1C(O)CCN1CCN(c2ccccn2)CC1. The highest BCUT2D eigenvalue weighted by molar-refractivity contribution is 5.47. The number of nitrogens with two attached hydrogens (primary N) is 1. The van der Waals surface area contributed by atoms with Gasteiger partial charge in [0.2, 0.25) is 0 Å². The monoisotopic (exact) mass is 312 g/mol. The van der Waals surface area contributed by atoms with Crippen molar-refractivity contribution >= 4 is 11.5 Å². The number of rotatable bonds is 5. The second-order valence-electron chi connectivity index (χ2n) is 5.95. The average Bonchev–Trinajstić information content (AvgIpc) is 2.61. The van der Waals surface area contributed by atoms with Gasteiger partial charge in [-0.1, -0.05) is 24.3 Å². The number of nitrogens with zero attached hydrogens (tertiary/aromatic N) is 3. The lowest BCUT2D eigenvalue weighted by atomic mass is 10.0. The summed E-state index contributed by atoms with van der Waals surface area (Å²) in [5.41, 5.74) is 7.43. The summed E-state index contributed by atoms with van der Waals surface area (Å²) in [6, 6.07) is 13.6. The van der Waals surface area contributed by atoms with Gasteiger partial charge in [0.15, 0.2) is 0 Å². The molecule has 1 aromatic heterocycles. The quantitative estimate of drug-likeness (QED) is 0.826. The van der Waals surface area contributed by atoms with Crippen molar-refractivity contribution in [2.45, 2.75) is 12.5 Å². The number of para-hydroxylation sites is 1. The molecular weight excluding hydrogens is 288 g/mol. The largest absolute Gasteiger partial charge is 0.398 e. The first-order valence-electron chi connectivity index (χ1n) is 8.15. The van der Waals surface area contributed by atoms with Crippen molar-refractivity contribution in [1.29, 1.82) is 0 Å². The molecule has 0 aliphatic carbocycles. The summed E-state index contributed by atoms with van der Waals surface area (Å²) in [6.07, 6.45) is 2.05. The number of hydrogen-bond acceptors (Lipinski definition) is 5. The molecule has 1 aromatic carbocycles. The Kier molecular flexibility index (Phi) is 5.10. The molecule has 0 amide bonds. The predicted molar refractivity (Wildman–Crippen MR) is 93.3 cm³/mol. The van der Waals surface area contributed by atoms with Gasteiger partial charge in [-0.3, -0.25) is 4.90 Å². The van der Waals surface area contributed by atoms with Crippen LogP contribution in [0, 0.1) is 0 Å². The van der Waals surface area contributed by atoms with Gasteiger partial charge in [-0.25, -0.2) is 4.98 Å². The van der Waals surface area contributed by atoms with Gasteiger partial charge >= 0.3 is 0 Å². The van der Waals surface area contributed by atoms with Crippen molar-refractivity contribution in [2.75, 3.05) is 43.4 Å². The minimum atomic E-state index is -0.495. The van der Waals surface area contributed by atoms with Crippen molar-refractivity contribution in [2.24, 2.45) is 0 Å². The van der Waals surface area contributed by atoms with Gasteiger partial charge < -0.3 is 15.7 Å². The summed E-state index contributed by atoms with van der Waals surface area (Å²) in [4.78, 5) is 9.10. The molecule has 5 heteroatoms. The van der Waals surface area contributed by atoms with Gasteiger partial charge in [0.05, 0.1) is 6.10 Å². The molecule has 3 N–H and O–H groups in total. The molecule has 1 unspecified atom stereocenters. The molecule has 1 fully saturated rings. The molecule has 0 saturated carbocycles. The Morgan fingerprint density at radius 1 is 1.04 bits per heavy atom. The third-order valence-corrected chi connectivity index (χ3v) is 4.42. The highest BCUT2D eigenvalue weighted by Gasteiger charge is 2.19. The Morgan fingerprint density at radius 2 is 1.78 bits per heavy atom. The summed E-state index contributed by atoms with van der Waals surface area (Å²) >= 11 is 0. The Labute approximate surface area is 137 Å². The zero-order valence-electron chi connectivity index (χ0n) is 13.3. The highest BCUT2D eigenvalue weighted by atomic mass is 16.3. The van der Waals surface area contributed by atoms with Crippen LogP contribution in [0.3, 0.4) is 0 Å². The maximum atomic E-state index is 10.3. The summed E-state index contributed by atoms with van der Waals surface area (Å²) in [5, 5.41) is 10.3. The van der Waals surface area contributed by atoms with Crippen LogP contribution in [0.1, 0.15) is 18.1 Å². The van der Waals surface area contributed by atoms with Crippen LogP contribution in [-0.2, 0) is 0 Å². The van der Waals surface area contributed by atoms with Crippen molar-refractivity contribution in [3.63, 3.8) is 0 Å². The Hall–Kier alpha value is -2.11. The third kappa shape index (κ3) is 4.00. The van der Waals surface area contributed by atoms with E-state index in [1.807, 2.05) is 42.6 Å². The first kappa shape index (κ1) is 15.8. The Balaban J connectivity index is 1.47. The second kappa shape index (κ2) is 7.44. The summed E-state index contributed by atoms with van der Waals surface area (Å²) < 4.78 is 0. The van der Waals surface area contributed by atoms with Gasteiger partial charge in [-0.2, -0.15) is 0 Å². The van der Waals surface area contributed by atoms with Crippen molar-refractivity contribution in [1.82, 2.24) is 9.88 Å². The number of aromatic nitrogens is 1. The number of hydrogen-bond donors (Lipinski definition) is 2. The standard InChI is InChI=1S/C18H24N4O/c19-16-6-2-1-5-15(16)17(23)8-10-21-11-13-22(14-12-21)18-7-3-4-9-20-18/h1-7,9,17,23H,8,10-14,19H2. The fourth-order valence-corrected chi connectivity index (χ4v) is 3.02. The first-order chi connectivity index (χ1) is 11.2. The number of piperazine rings is 1. The second-order valence-corrected chi connectivity index (χ2v) is 5.95. The zero-order valence-corrected chi connectivity index (χ0v) is 13.3. The predicted octanol–water partition coefficient (Wildman–Crippen LogP) is 1.91. The molecule has 1 aliphatic rings. The van der Waals surface area contributed by atoms with Crippen LogP contribution in [0.15, 0.2) is 48.7 Å². The molecule has 3 rings (SSSR count). The number of pyridine rings is 1. The lowest BCUT2D eigenvalue weighted by Gasteiger charge is -2.35. The molecular formula is C18H24N4O. The highest BCUT2D eigenvalue weighted by Crippen LogP contribution is 2.23. The maximum Gasteiger partial charge on any atom is 0.128 e. The minimum Gasteiger partial charge on any atom is -0.398 e. The molecule has 2 heterocycles. The fraction of sp³-hybridized carbons (Fsp3) is 0.389. The average molecular weight is 312 g/mol. The number of aliphatic hydroxyl groups excluding tert-OH is 1. The van der Waals surface area contributed by atoms with Crippen LogP contribution in [0.25, 0.3) is 0 Å². The first-order valence-corrected chi connectivity index (χ1v) is 8.15. The molecule has 23 heavy (non-hydrogen) atoms. The van der Waals surface area contributed by atoms with Crippen LogP contribution >= 0.6 is 0 Å². The van der Waals surface area contributed by atoms with Gasteiger partial charge in [-0.05, 0) is 24.6 Å². The van der Waals surface area contributed by atoms with E-state index in [0.717, 1.165) is 44.1 Å². The Morgan fingerprint density at radius 3 is 2.48 bits per heavy atom. The van der Waals surface area contributed by atoms with E-state index in [9.17, 15) is 5.11 Å². The van der Waals surface area contributed by atoms with Crippen LogP contribution in [0.4, 0.5) is 11.5 Å². The van der Waals surface area contributed by atoms with Crippen LogP contribution in [0.5, 0.6) is 0 Å². The molecule has 0 spiro atoms. The van der Waals surface area contributed by atoms with Crippen molar-refractivity contribution in [3.8, 4) is 0 Å². The third-order valence-electron chi connectivity index (χ3n) is 4.42. The van der Waals surface area contributed by atoms with Gasteiger partial charge in [0, 0.05) is 50.2 Å². The molecule has 1 saturated heterocycles. The summed E-state index contributed by atoms with van der Waals surface area (Å²) in [5.74, 6) is 1.05. The molecule has 0 radical (unpaired) electrons. The molecule has 1 atom stereocenters. The topological polar surface area (TPSA) is 65.6 Å². The minimum absolute atomic E-state index is 0.495.